The van der Waals surface area contributed by atoms with Crippen molar-refractivity contribution in [3.63, 3.8) is 0 Å². The summed E-state index contributed by atoms with van der Waals surface area (Å²) in [5.41, 5.74) is 6.87. The second-order valence-electron chi connectivity index (χ2n) is 5.03. The minimum Gasteiger partial charge on any atom is -0.336 e. The lowest BCUT2D eigenvalue weighted by Crippen LogP contribution is -2.40. The highest BCUT2D eigenvalue weighted by molar-refractivity contribution is 6.30. The lowest BCUT2D eigenvalue weighted by molar-refractivity contribution is 0.0741. The van der Waals surface area contributed by atoms with E-state index in [0.29, 0.717) is 17.9 Å². The topological polar surface area (TPSA) is 77.0 Å². The van der Waals surface area contributed by atoms with Crippen LogP contribution in [0.1, 0.15) is 23.1 Å². The molecule has 1 amide bonds. The lowest BCUT2D eigenvalue weighted by atomic mass is 10.2. The zero-order chi connectivity index (χ0) is 16.4. The Morgan fingerprint density at radius 3 is 2.74 bits per heavy atom. The van der Waals surface area contributed by atoms with Crippen LogP contribution in [0.25, 0.3) is 5.69 Å². The van der Waals surface area contributed by atoms with Gasteiger partial charge >= 0.3 is 0 Å². The van der Waals surface area contributed by atoms with E-state index in [2.05, 4.69) is 10.3 Å². The highest BCUT2D eigenvalue weighted by Gasteiger charge is 2.23. The van der Waals surface area contributed by atoms with Gasteiger partial charge in [-0.25, -0.2) is 9.07 Å². The van der Waals surface area contributed by atoms with Gasteiger partial charge in [0.05, 0.1) is 16.4 Å². The fourth-order valence-electron chi connectivity index (χ4n) is 1.91. The van der Waals surface area contributed by atoms with E-state index in [1.165, 1.54) is 27.8 Å². The van der Waals surface area contributed by atoms with Gasteiger partial charge in [-0.15, -0.1) is 17.5 Å². The third-order valence-corrected chi connectivity index (χ3v) is 3.86. The maximum Gasteiger partial charge on any atom is 0.276 e. The quantitative estimate of drug-likeness (QED) is 0.905. The van der Waals surface area contributed by atoms with Crippen LogP contribution in [0.3, 0.4) is 0 Å². The molecule has 1 aromatic carbocycles. The summed E-state index contributed by atoms with van der Waals surface area (Å²) in [6.45, 7) is 3.91. The molecular formula is C14H18Cl2FN5O. The standard InChI is InChI=1S/C14H17ClFN5O.ClH/c1-8(7-17)20(3)14(22)13-9(2)21(19-18-13)10-4-5-12(16)11(15)6-10;/h4-6,8H,7,17H2,1-3H3;1H. The number of rotatable bonds is 4. The third-order valence-electron chi connectivity index (χ3n) is 3.57. The molecule has 1 unspecified atom stereocenters. The molecular weight excluding hydrogens is 344 g/mol. The van der Waals surface area contributed by atoms with Crippen LogP contribution in [0.5, 0.6) is 0 Å². The average Bonchev–Trinajstić information content (AvgIpc) is 2.89. The molecule has 0 bridgehead atoms. The number of amides is 1. The van der Waals surface area contributed by atoms with Crippen molar-refractivity contribution in [3.8, 4) is 5.69 Å². The molecule has 126 valence electrons. The molecule has 0 aliphatic heterocycles. The number of likely N-dealkylation sites (N-methyl/N-ethyl adjacent to an activating group) is 1. The van der Waals surface area contributed by atoms with E-state index in [9.17, 15) is 9.18 Å². The summed E-state index contributed by atoms with van der Waals surface area (Å²) < 4.78 is 14.7. The molecule has 1 heterocycles. The molecule has 23 heavy (non-hydrogen) atoms. The Labute approximate surface area is 144 Å². The maximum absolute atomic E-state index is 13.2. The summed E-state index contributed by atoms with van der Waals surface area (Å²) in [6.07, 6.45) is 0. The Bertz CT molecular complexity index is 706. The van der Waals surface area contributed by atoms with Crippen molar-refractivity contribution >= 4 is 29.9 Å². The number of nitrogens with zero attached hydrogens (tertiary/aromatic N) is 4. The van der Waals surface area contributed by atoms with Gasteiger partial charge in [-0.05, 0) is 32.0 Å². The van der Waals surface area contributed by atoms with Crippen LogP contribution in [0.4, 0.5) is 4.39 Å². The zero-order valence-electron chi connectivity index (χ0n) is 13.0. The van der Waals surface area contributed by atoms with E-state index >= 15 is 0 Å². The summed E-state index contributed by atoms with van der Waals surface area (Å²) in [6, 6.07) is 4.07. The molecule has 2 N–H and O–H groups in total. The van der Waals surface area contributed by atoms with Gasteiger partial charge in [-0.2, -0.15) is 0 Å². The Morgan fingerprint density at radius 2 is 2.17 bits per heavy atom. The average molecular weight is 362 g/mol. The van der Waals surface area contributed by atoms with Gasteiger partial charge in [0.1, 0.15) is 5.82 Å². The molecule has 9 heteroatoms. The first kappa shape index (κ1) is 19.3. The summed E-state index contributed by atoms with van der Waals surface area (Å²) in [5, 5.41) is 7.86. The first-order chi connectivity index (χ1) is 10.4. The molecule has 0 aliphatic rings. The van der Waals surface area contributed by atoms with Crippen LogP contribution in [0.2, 0.25) is 5.02 Å². The van der Waals surface area contributed by atoms with Crippen molar-refractivity contribution in [2.75, 3.05) is 13.6 Å². The van der Waals surface area contributed by atoms with Crippen LogP contribution < -0.4 is 5.73 Å². The zero-order valence-corrected chi connectivity index (χ0v) is 14.5. The molecule has 2 rings (SSSR count). The summed E-state index contributed by atoms with van der Waals surface area (Å²) in [4.78, 5) is 13.9. The number of hydrogen-bond donors (Lipinski definition) is 1. The van der Waals surface area contributed by atoms with Crippen LogP contribution in [-0.4, -0.2) is 45.4 Å². The summed E-state index contributed by atoms with van der Waals surface area (Å²) >= 11 is 5.77. The monoisotopic (exact) mass is 361 g/mol. The van der Waals surface area contributed by atoms with E-state index in [1.807, 2.05) is 6.92 Å². The summed E-state index contributed by atoms with van der Waals surface area (Å²) in [7, 11) is 1.66. The first-order valence-electron chi connectivity index (χ1n) is 6.71. The van der Waals surface area contributed by atoms with Gasteiger partial charge in [-0.1, -0.05) is 16.8 Å². The Kier molecular flexibility index (Phi) is 6.49. The van der Waals surface area contributed by atoms with E-state index in [0.717, 1.165) is 0 Å². The lowest BCUT2D eigenvalue weighted by Gasteiger charge is -2.22. The number of aromatic nitrogens is 3. The largest absolute Gasteiger partial charge is 0.336 e. The number of carbonyl (C=O) groups is 1. The van der Waals surface area contributed by atoms with Gasteiger partial charge in [0, 0.05) is 19.6 Å². The van der Waals surface area contributed by atoms with E-state index in [1.54, 1.807) is 14.0 Å². The van der Waals surface area contributed by atoms with Crippen molar-refractivity contribution in [2.45, 2.75) is 19.9 Å². The molecule has 0 fully saturated rings. The number of nitrogens with two attached hydrogens (primary N) is 1. The van der Waals surface area contributed by atoms with Crippen molar-refractivity contribution < 1.29 is 9.18 Å². The predicted molar refractivity (Wildman–Crippen MR) is 88.9 cm³/mol. The smallest absolute Gasteiger partial charge is 0.276 e. The Hall–Kier alpha value is -1.70. The molecule has 0 saturated carbocycles. The van der Waals surface area contributed by atoms with Crippen molar-refractivity contribution in [2.24, 2.45) is 5.73 Å². The van der Waals surface area contributed by atoms with Gasteiger partial charge in [0.15, 0.2) is 5.69 Å². The fourth-order valence-corrected chi connectivity index (χ4v) is 2.09. The highest BCUT2D eigenvalue weighted by atomic mass is 35.5. The van der Waals surface area contributed by atoms with Gasteiger partial charge in [0.2, 0.25) is 0 Å². The fraction of sp³-hybridized carbons (Fsp3) is 0.357. The van der Waals surface area contributed by atoms with Gasteiger partial charge < -0.3 is 10.6 Å². The number of benzene rings is 1. The van der Waals surface area contributed by atoms with Gasteiger partial charge in [0.25, 0.3) is 5.91 Å². The van der Waals surface area contributed by atoms with Crippen molar-refractivity contribution in [1.82, 2.24) is 19.9 Å². The third kappa shape index (κ3) is 3.80. The van der Waals surface area contributed by atoms with Crippen molar-refractivity contribution in [3.05, 3.63) is 40.4 Å². The molecule has 1 atom stereocenters. The van der Waals surface area contributed by atoms with Crippen LogP contribution in [-0.2, 0) is 0 Å². The van der Waals surface area contributed by atoms with Crippen LogP contribution in [0, 0.1) is 12.7 Å². The number of hydrogen-bond acceptors (Lipinski definition) is 4. The minimum atomic E-state index is -0.518. The Balaban J connectivity index is 0.00000264. The molecule has 2 aromatic rings. The van der Waals surface area contributed by atoms with E-state index < -0.39 is 5.82 Å². The van der Waals surface area contributed by atoms with Crippen LogP contribution in [0.15, 0.2) is 18.2 Å². The molecule has 0 spiro atoms. The second-order valence-corrected chi connectivity index (χ2v) is 5.44. The molecule has 6 nitrogen and oxygen atoms in total. The van der Waals surface area contributed by atoms with Crippen LogP contribution >= 0.6 is 24.0 Å². The molecule has 0 radical (unpaired) electrons. The first-order valence-corrected chi connectivity index (χ1v) is 7.09. The highest BCUT2D eigenvalue weighted by Crippen LogP contribution is 2.20. The molecule has 0 saturated heterocycles. The van der Waals surface area contributed by atoms with E-state index in [-0.39, 0.29) is 35.1 Å². The molecule has 0 aliphatic carbocycles. The minimum absolute atomic E-state index is 0. The number of halogens is 3. The van der Waals surface area contributed by atoms with Gasteiger partial charge in [-0.3, -0.25) is 4.79 Å². The van der Waals surface area contributed by atoms with Crippen molar-refractivity contribution in [1.29, 1.82) is 0 Å². The van der Waals surface area contributed by atoms with E-state index in [4.69, 9.17) is 17.3 Å². The summed E-state index contributed by atoms with van der Waals surface area (Å²) in [5.74, 6) is -0.786. The Morgan fingerprint density at radius 1 is 1.52 bits per heavy atom. The predicted octanol–water partition coefficient (Wildman–Crippen LogP) is 2.21. The SMILES string of the molecule is Cc1c(C(=O)N(C)C(C)CN)nnn1-c1ccc(F)c(Cl)c1.Cl. The normalized spacial score (nSPS) is 11.7. The number of carbonyl (C=O) groups excluding carboxylic acids is 1. The molecule has 1 aromatic heterocycles. The maximum atomic E-state index is 13.2. The second kappa shape index (κ2) is 7.72.